The molecule has 1 N–H and O–H groups in total. The van der Waals surface area contributed by atoms with Crippen LogP contribution in [0.25, 0.3) is 22.3 Å². The highest BCUT2D eigenvalue weighted by Crippen LogP contribution is 2.27. The van der Waals surface area contributed by atoms with Gasteiger partial charge in [0.15, 0.2) is 0 Å². The zero-order valence-corrected chi connectivity index (χ0v) is 22.3. The summed E-state index contributed by atoms with van der Waals surface area (Å²) in [6.45, 7) is 1.15. The van der Waals surface area contributed by atoms with Gasteiger partial charge in [-0.25, -0.2) is 23.5 Å². The Hall–Kier alpha value is -5.14. The van der Waals surface area contributed by atoms with Crippen molar-refractivity contribution < 1.29 is 28.2 Å². The molecule has 0 aliphatic carbocycles. The Labute approximate surface area is 239 Å². The molecule has 8 nitrogen and oxygen atoms in total. The molecule has 0 unspecified atom stereocenters. The molecule has 0 radical (unpaired) electrons. The van der Waals surface area contributed by atoms with E-state index in [9.17, 15) is 18.7 Å². The number of carboxylic acid groups (broad SMARTS) is 1. The SMILES string of the molecule is N#Cc1ccc(COc2ccc(F)c(-c3ccc(Cc4nc5ccc(C(=O)O)cc5n4C[C@@H]4CCO4)cc3)n2)c(F)c1. The summed E-state index contributed by atoms with van der Waals surface area (Å²) in [6.07, 6.45) is 1.45. The van der Waals surface area contributed by atoms with E-state index in [1.165, 1.54) is 24.3 Å². The minimum Gasteiger partial charge on any atom is -0.478 e. The number of halogens is 2. The van der Waals surface area contributed by atoms with Crippen molar-refractivity contribution in [2.45, 2.75) is 32.1 Å². The van der Waals surface area contributed by atoms with Gasteiger partial charge in [-0.05, 0) is 48.4 Å². The highest BCUT2D eigenvalue weighted by molar-refractivity contribution is 5.92. The number of ether oxygens (including phenoxy) is 2. The number of hydrogen-bond acceptors (Lipinski definition) is 6. The minimum absolute atomic E-state index is 0.0500. The Bertz CT molecular complexity index is 1840. The van der Waals surface area contributed by atoms with E-state index < -0.39 is 17.6 Å². The predicted molar refractivity (Wildman–Crippen MR) is 149 cm³/mol. The number of nitriles is 1. The van der Waals surface area contributed by atoms with Crippen molar-refractivity contribution in [3.63, 3.8) is 0 Å². The van der Waals surface area contributed by atoms with E-state index in [4.69, 9.17) is 19.7 Å². The van der Waals surface area contributed by atoms with E-state index in [-0.39, 0.29) is 41.0 Å². The van der Waals surface area contributed by atoms with Gasteiger partial charge in [-0.1, -0.05) is 30.3 Å². The van der Waals surface area contributed by atoms with Gasteiger partial charge in [-0.15, -0.1) is 0 Å². The van der Waals surface area contributed by atoms with Crippen LogP contribution in [0.15, 0.2) is 72.8 Å². The molecule has 0 saturated carbocycles. The number of aromatic carboxylic acids is 1. The molecule has 10 heteroatoms. The Balaban J connectivity index is 1.22. The maximum absolute atomic E-state index is 14.8. The van der Waals surface area contributed by atoms with Crippen LogP contribution >= 0.6 is 0 Å². The summed E-state index contributed by atoms with van der Waals surface area (Å²) in [5.74, 6) is -1.20. The van der Waals surface area contributed by atoms with E-state index in [0.717, 1.165) is 29.4 Å². The van der Waals surface area contributed by atoms with Crippen LogP contribution in [-0.2, 0) is 24.3 Å². The van der Waals surface area contributed by atoms with Gasteiger partial charge in [-0.3, -0.25) is 0 Å². The van der Waals surface area contributed by atoms with Crippen LogP contribution in [0.5, 0.6) is 5.88 Å². The average molecular weight is 567 g/mol. The molecule has 1 atom stereocenters. The Morgan fingerprint density at radius 2 is 1.86 bits per heavy atom. The Morgan fingerprint density at radius 3 is 2.55 bits per heavy atom. The fourth-order valence-corrected chi connectivity index (χ4v) is 4.83. The highest BCUT2D eigenvalue weighted by Gasteiger charge is 2.22. The van der Waals surface area contributed by atoms with E-state index in [1.54, 1.807) is 30.3 Å². The van der Waals surface area contributed by atoms with Crippen LogP contribution < -0.4 is 4.74 Å². The maximum Gasteiger partial charge on any atom is 0.335 e. The van der Waals surface area contributed by atoms with Crippen LogP contribution in [0, 0.1) is 23.0 Å². The topological polar surface area (TPSA) is 110 Å². The number of hydrogen-bond donors (Lipinski definition) is 1. The number of fused-ring (bicyclic) bond motifs is 1. The fraction of sp³-hybridized carbons (Fsp3) is 0.188. The number of imidazole rings is 1. The third-order valence-electron chi connectivity index (χ3n) is 7.22. The lowest BCUT2D eigenvalue weighted by Crippen LogP contribution is -2.31. The van der Waals surface area contributed by atoms with Gasteiger partial charge in [0.25, 0.3) is 0 Å². The molecule has 6 rings (SSSR count). The predicted octanol–water partition coefficient (Wildman–Crippen LogP) is 5.91. The van der Waals surface area contributed by atoms with Gasteiger partial charge in [0.1, 0.15) is 29.8 Å². The summed E-state index contributed by atoms with van der Waals surface area (Å²) in [5.41, 5.74) is 3.64. The number of nitrogens with zero attached hydrogens (tertiary/aromatic N) is 4. The molecular weight excluding hydrogens is 542 g/mol. The van der Waals surface area contributed by atoms with Crippen molar-refractivity contribution in [1.82, 2.24) is 14.5 Å². The van der Waals surface area contributed by atoms with Crippen LogP contribution in [0.1, 0.15) is 39.3 Å². The summed E-state index contributed by atoms with van der Waals surface area (Å²) in [7, 11) is 0. The molecule has 3 heterocycles. The summed E-state index contributed by atoms with van der Waals surface area (Å²) in [6, 6.07) is 20.7. The molecule has 0 spiro atoms. The lowest BCUT2D eigenvalue weighted by molar-refractivity contribution is -0.0589. The first-order chi connectivity index (χ1) is 20.4. The first kappa shape index (κ1) is 27.1. The molecule has 5 aromatic rings. The fourth-order valence-electron chi connectivity index (χ4n) is 4.83. The third kappa shape index (κ3) is 5.55. The smallest absolute Gasteiger partial charge is 0.335 e. The molecule has 0 amide bonds. The summed E-state index contributed by atoms with van der Waals surface area (Å²) in [5, 5.41) is 18.4. The molecular formula is C32H24F2N4O4. The van der Waals surface area contributed by atoms with Crippen LogP contribution in [-0.4, -0.2) is 38.3 Å². The van der Waals surface area contributed by atoms with Gasteiger partial charge in [0.2, 0.25) is 5.88 Å². The van der Waals surface area contributed by atoms with Crippen LogP contribution in [0.4, 0.5) is 8.78 Å². The quantitative estimate of drug-likeness (QED) is 0.236. The van der Waals surface area contributed by atoms with Gasteiger partial charge in [-0.2, -0.15) is 5.26 Å². The van der Waals surface area contributed by atoms with Crippen molar-refractivity contribution in [3.05, 3.63) is 113 Å². The van der Waals surface area contributed by atoms with E-state index >= 15 is 0 Å². The summed E-state index contributed by atoms with van der Waals surface area (Å²) in [4.78, 5) is 20.6. The zero-order chi connectivity index (χ0) is 29.2. The lowest BCUT2D eigenvalue weighted by atomic mass is 10.1. The molecule has 0 bridgehead atoms. The maximum atomic E-state index is 14.8. The van der Waals surface area contributed by atoms with E-state index in [1.807, 2.05) is 22.8 Å². The number of benzene rings is 3. The molecule has 1 aliphatic rings. The van der Waals surface area contributed by atoms with Gasteiger partial charge >= 0.3 is 5.97 Å². The molecule has 3 aromatic carbocycles. The lowest BCUT2D eigenvalue weighted by Gasteiger charge is -2.27. The highest BCUT2D eigenvalue weighted by atomic mass is 19.1. The second-order valence-corrected chi connectivity index (χ2v) is 9.99. The normalized spacial score (nSPS) is 14.4. The van der Waals surface area contributed by atoms with E-state index in [2.05, 4.69) is 4.98 Å². The second kappa shape index (κ2) is 11.4. The number of pyridine rings is 1. The van der Waals surface area contributed by atoms with Crippen LogP contribution in [0.3, 0.4) is 0 Å². The number of carbonyl (C=O) groups is 1. The third-order valence-corrected chi connectivity index (χ3v) is 7.22. The molecule has 42 heavy (non-hydrogen) atoms. The minimum atomic E-state index is -1.00. The Kier molecular flexibility index (Phi) is 7.33. The van der Waals surface area contributed by atoms with Gasteiger partial charge in [0.05, 0.1) is 40.9 Å². The van der Waals surface area contributed by atoms with Crippen molar-refractivity contribution >= 4 is 17.0 Å². The molecule has 1 aliphatic heterocycles. The zero-order valence-electron chi connectivity index (χ0n) is 22.3. The average Bonchev–Trinajstić information content (AvgIpc) is 3.31. The number of aromatic nitrogens is 3. The van der Waals surface area contributed by atoms with Crippen molar-refractivity contribution in [2.24, 2.45) is 0 Å². The molecule has 2 aromatic heterocycles. The number of rotatable bonds is 9. The summed E-state index contributed by atoms with van der Waals surface area (Å²) >= 11 is 0. The van der Waals surface area contributed by atoms with Crippen molar-refractivity contribution in [3.8, 4) is 23.2 Å². The monoisotopic (exact) mass is 566 g/mol. The first-order valence-corrected chi connectivity index (χ1v) is 13.3. The van der Waals surface area contributed by atoms with Gasteiger partial charge < -0.3 is 19.1 Å². The number of carboxylic acids is 1. The van der Waals surface area contributed by atoms with Crippen LogP contribution in [0.2, 0.25) is 0 Å². The second-order valence-electron chi connectivity index (χ2n) is 9.99. The van der Waals surface area contributed by atoms with E-state index in [0.29, 0.717) is 30.7 Å². The molecule has 1 saturated heterocycles. The summed E-state index contributed by atoms with van der Waals surface area (Å²) < 4.78 is 42.2. The standard InChI is InChI=1S/C32H24F2N4O4/c33-25-8-10-30(42-18-23-6-3-20(16-35)13-26(23)34)37-31(25)21-4-1-19(2-5-21)14-29-36-27-9-7-22(32(39)40)15-28(27)38(29)17-24-11-12-41-24/h1-10,13,15,24H,11-12,14,17-18H2,(H,39,40)/t24-/m0/s1. The largest absolute Gasteiger partial charge is 0.478 e. The van der Waals surface area contributed by atoms with Crippen molar-refractivity contribution in [1.29, 1.82) is 5.26 Å². The van der Waals surface area contributed by atoms with Gasteiger partial charge in [0, 0.05) is 30.2 Å². The first-order valence-electron chi connectivity index (χ1n) is 13.3. The van der Waals surface area contributed by atoms with Crippen molar-refractivity contribution in [2.75, 3.05) is 6.61 Å². The Morgan fingerprint density at radius 1 is 1.05 bits per heavy atom. The molecule has 210 valence electrons. The molecule has 1 fully saturated rings.